The number of benzene rings is 2. The van der Waals surface area contributed by atoms with Gasteiger partial charge >= 0.3 is 0 Å². The van der Waals surface area contributed by atoms with Crippen molar-refractivity contribution < 1.29 is 5.11 Å². The van der Waals surface area contributed by atoms with Crippen molar-refractivity contribution in [3.05, 3.63) is 78.4 Å². The normalized spacial score (nSPS) is 13.8. The summed E-state index contributed by atoms with van der Waals surface area (Å²) in [7, 11) is 0. The van der Waals surface area contributed by atoms with Crippen molar-refractivity contribution in [3.8, 4) is 5.75 Å². The van der Waals surface area contributed by atoms with Gasteiger partial charge in [0, 0.05) is 11.5 Å². The first kappa shape index (κ1) is 12.4. The van der Waals surface area contributed by atoms with Gasteiger partial charge in [-0.15, -0.1) is 6.58 Å². The highest BCUT2D eigenvalue weighted by Crippen LogP contribution is 2.36. The van der Waals surface area contributed by atoms with E-state index in [-0.39, 0.29) is 11.8 Å². The van der Waals surface area contributed by atoms with E-state index in [4.69, 9.17) is 0 Å². The molecule has 2 unspecified atom stereocenters. The summed E-state index contributed by atoms with van der Waals surface area (Å²) in [4.78, 5) is 0. The number of para-hydroxylation sites is 1. The van der Waals surface area contributed by atoms with Gasteiger partial charge in [0.1, 0.15) is 5.75 Å². The van der Waals surface area contributed by atoms with Crippen molar-refractivity contribution in [2.75, 3.05) is 0 Å². The number of hydrogen-bond acceptors (Lipinski definition) is 1. The van der Waals surface area contributed by atoms with Crippen LogP contribution in [0.15, 0.2) is 67.3 Å². The smallest absolute Gasteiger partial charge is 0.119 e. The minimum Gasteiger partial charge on any atom is -0.508 e. The third-order valence-corrected chi connectivity index (χ3v) is 3.33. The monoisotopic (exact) mass is 238 g/mol. The zero-order valence-corrected chi connectivity index (χ0v) is 10.6. The van der Waals surface area contributed by atoms with E-state index in [1.165, 1.54) is 5.56 Å². The lowest BCUT2D eigenvalue weighted by Crippen LogP contribution is -2.09. The van der Waals surface area contributed by atoms with Gasteiger partial charge in [0.25, 0.3) is 0 Å². The van der Waals surface area contributed by atoms with Crippen LogP contribution in [0.4, 0.5) is 0 Å². The molecule has 0 aliphatic rings. The molecule has 2 aromatic rings. The molecule has 1 N–H and O–H groups in total. The second-order valence-corrected chi connectivity index (χ2v) is 4.54. The lowest BCUT2D eigenvalue weighted by molar-refractivity contribution is 0.458. The maximum absolute atomic E-state index is 10.1. The molecule has 0 aromatic heterocycles. The summed E-state index contributed by atoms with van der Waals surface area (Å²) in [5.41, 5.74) is 2.16. The first-order chi connectivity index (χ1) is 8.74. The van der Waals surface area contributed by atoms with Gasteiger partial charge in [0.2, 0.25) is 0 Å². The average molecular weight is 238 g/mol. The molecule has 18 heavy (non-hydrogen) atoms. The second kappa shape index (κ2) is 5.54. The van der Waals surface area contributed by atoms with E-state index in [0.717, 1.165) is 5.56 Å². The van der Waals surface area contributed by atoms with Crippen molar-refractivity contribution in [1.82, 2.24) is 0 Å². The summed E-state index contributed by atoms with van der Waals surface area (Å²) in [6.45, 7) is 6.00. The zero-order valence-electron chi connectivity index (χ0n) is 10.6. The minimum atomic E-state index is 0.143. The van der Waals surface area contributed by atoms with Gasteiger partial charge in [-0.25, -0.2) is 0 Å². The molecule has 0 saturated carbocycles. The average Bonchev–Trinajstić information content (AvgIpc) is 2.42. The molecule has 0 radical (unpaired) electrons. The molecule has 0 saturated heterocycles. The third kappa shape index (κ3) is 2.45. The van der Waals surface area contributed by atoms with Gasteiger partial charge in [0.15, 0.2) is 0 Å². The molecule has 2 atom stereocenters. The number of aromatic hydroxyl groups is 1. The van der Waals surface area contributed by atoms with Crippen molar-refractivity contribution >= 4 is 0 Å². The number of phenols is 1. The van der Waals surface area contributed by atoms with E-state index < -0.39 is 0 Å². The highest BCUT2D eigenvalue weighted by Gasteiger charge is 2.21. The fourth-order valence-electron chi connectivity index (χ4n) is 2.31. The van der Waals surface area contributed by atoms with Gasteiger partial charge in [-0.1, -0.05) is 61.5 Å². The molecule has 0 fully saturated rings. The number of rotatable bonds is 4. The SMILES string of the molecule is C=CC(C)C(c1ccccc1)c1ccccc1O. The van der Waals surface area contributed by atoms with Crippen molar-refractivity contribution in [2.24, 2.45) is 5.92 Å². The van der Waals surface area contributed by atoms with E-state index in [9.17, 15) is 5.11 Å². The molecule has 2 aromatic carbocycles. The van der Waals surface area contributed by atoms with Crippen molar-refractivity contribution in [3.63, 3.8) is 0 Å². The molecule has 2 rings (SSSR count). The Kier molecular flexibility index (Phi) is 3.83. The Balaban J connectivity index is 2.51. The maximum Gasteiger partial charge on any atom is 0.119 e. The van der Waals surface area contributed by atoms with E-state index in [1.807, 2.05) is 42.5 Å². The van der Waals surface area contributed by atoms with Crippen molar-refractivity contribution in [2.45, 2.75) is 12.8 Å². The molecule has 1 nitrogen and oxygen atoms in total. The molecule has 0 bridgehead atoms. The van der Waals surface area contributed by atoms with Gasteiger partial charge in [0.05, 0.1) is 0 Å². The van der Waals surface area contributed by atoms with Crippen LogP contribution in [0.5, 0.6) is 5.75 Å². The quantitative estimate of drug-likeness (QED) is 0.785. The Morgan fingerprint density at radius 2 is 1.61 bits per heavy atom. The standard InChI is InChI=1S/C17H18O/c1-3-13(2)17(14-9-5-4-6-10-14)15-11-7-8-12-16(15)18/h3-13,17-18H,1H2,2H3. The van der Waals surface area contributed by atoms with Gasteiger partial charge in [-0.05, 0) is 17.5 Å². The number of allylic oxidation sites excluding steroid dienone is 1. The topological polar surface area (TPSA) is 20.2 Å². The van der Waals surface area contributed by atoms with Crippen molar-refractivity contribution in [1.29, 1.82) is 0 Å². The molecule has 0 amide bonds. The van der Waals surface area contributed by atoms with Crippen LogP contribution in [0.25, 0.3) is 0 Å². The van der Waals surface area contributed by atoms with Crippen LogP contribution < -0.4 is 0 Å². The predicted octanol–water partition coefficient (Wildman–Crippen LogP) is 4.35. The molecular formula is C17H18O. The Morgan fingerprint density at radius 1 is 1.00 bits per heavy atom. The van der Waals surface area contributed by atoms with Crippen LogP contribution in [0.3, 0.4) is 0 Å². The lowest BCUT2D eigenvalue weighted by atomic mass is 9.81. The Bertz CT molecular complexity index is 516. The first-order valence-electron chi connectivity index (χ1n) is 6.19. The Labute approximate surface area is 108 Å². The van der Waals surface area contributed by atoms with Crippen LogP contribution >= 0.6 is 0 Å². The van der Waals surface area contributed by atoms with Crippen LogP contribution in [-0.2, 0) is 0 Å². The molecule has 1 heteroatoms. The fourth-order valence-corrected chi connectivity index (χ4v) is 2.31. The third-order valence-electron chi connectivity index (χ3n) is 3.33. The molecule has 0 aliphatic heterocycles. The highest BCUT2D eigenvalue weighted by atomic mass is 16.3. The molecule has 0 aliphatic carbocycles. The number of phenolic OH excluding ortho intramolecular Hbond substituents is 1. The van der Waals surface area contributed by atoms with Gasteiger partial charge in [-0.3, -0.25) is 0 Å². The summed E-state index contributed by atoms with van der Waals surface area (Å²) in [5, 5.41) is 10.1. The molecular weight excluding hydrogens is 220 g/mol. The summed E-state index contributed by atoms with van der Waals surface area (Å²) in [5.74, 6) is 0.755. The first-order valence-corrected chi connectivity index (χ1v) is 6.19. The Hall–Kier alpha value is -2.02. The Morgan fingerprint density at radius 3 is 2.22 bits per heavy atom. The van der Waals surface area contributed by atoms with Crippen LogP contribution in [0.1, 0.15) is 24.0 Å². The van der Waals surface area contributed by atoms with E-state index in [0.29, 0.717) is 5.75 Å². The maximum atomic E-state index is 10.1. The lowest BCUT2D eigenvalue weighted by Gasteiger charge is -2.23. The summed E-state index contributed by atoms with van der Waals surface area (Å²) in [6, 6.07) is 17.8. The molecule has 92 valence electrons. The molecule has 0 spiro atoms. The van der Waals surface area contributed by atoms with E-state index in [2.05, 4.69) is 25.6 Å². The summed E-state index contributed by atoms with van der Waals surface area (Å²) >= 11 is 0. The van der Waals surface area contributed by atoms with Crippen LogP contribution in [0.2, 0.25) is 0 Å². The molecule has 0 heterocycles. The zero-order chi connectivity index (χ0) is 13.0. The summed E-state index contributed by atoms with van der Waals surface area (Å²) in [6.07, 6.45) is 1.93. The van der Waals surface area contributed by atoms with Gasteiger partial charge < -0.3 is 5.11 Å². The second-order valence-electron chi connectivity index (χ2n) is 4.54. The fraction of sp³-hybridized carbons (Fsp3) is 0.176. The van der Waals surface area contributed by atoms with E-state index in [1.54, 1.807) is 6.07 Å². The largest absolute Gasteiger partial charge is 0.508 e. The van der Waals surface area contributed by atoms with Crippen LogP contribution in [0, 0.1) is 5.92 Å². The minimum absolute atomic E-state index is 0.143. The van der Waals surface area contributed by atoms with E-state index >= 15 is 0 Å². The van der Waals surface area contributed by atoms with Crippen LogP contribution in [-0.4, -0.2) is 5.11 Å². The predicted molar refractivity (Wildman–Crippen MR) is 75.8 cm³/mol. The van der Waals surface area contributed by atoms with Gasteiger partial charge in [-0.2, -0.15) is 0 Å². The number of hydrogen-bond donors (Lipinski definition) is 1. The summed E-state index contributed by atoms with van der Waals surface area (Å²) < 4.78 is 0. The highest BCUT2D eigenvalue weighted by molar-refractivity contribution is 5.42.